The zero-order valence-corrected chi connectivity index (χ0v) is 9.85. The Morgan fingerprint density at radius 3 is 1.77 bits per heavy atom. The maximum Gasteiger partial charge on any atom is 0.237 e. The van der Waals surface area contributed by atoms with Crippen LogP contribution in [-0.2, 0) is 0 Å². The maximum atomic E-state index is 3.42. The third-order valence-corrected chi connectivity index (χ3v) is 2.96. The molecule has 0 aromatic carbocycles. The van der Waals surface area contributed by atoms with E-state index in [1.165, 1.54) is 12.8 Å². The second-order valence-corrected chi connectivity index (χ2v) is 3.97. The second kappa shape index (κ2) is 7.07. The number of rotatable bonds is 4. The molecule has 2 unspecified atom stereocenters. The highest BCUT2D eigenvalue weighted by molar-refractivity contribution is 6.70. The van der Waals surface area contributed by atoms with Crippen LogP contribution in [-0.4, -0.2) is 6.71 Å². The van der Waals surface area contributed by atoms with Crippen molar-refractivity contribution in [2.24, 2.45) is 0 Å². The summed E-state index contributed by atoms with van der Waals surface area (Å²) in [5, 5.41) is 0. The molecule has 2 atom stereocenters. The van der Waals surface area contributed by atoms with E-state index in [0.29, 0.717) is 6.71 Å². The minimum atomic E-state index is 0.606. The summed E-state index contributed by atoms with van der Waals surface area (Å²) >= 11 is 0. The molecule has 0 aromatic heterocycles. The molecular formula is C12H23B. The lowest BCUT2D eigenvalue weighted by molar-refractivity contribution is 0.791. The highest BCUT2D eigenvalue weighted by Crippen LogP contribution is 2.25. The van der Waals surface area contributed by atoms with E-state index < -0.39 is 0 Å². The summed E-state index contributed by atoms with van der Waals surface area (Å²) < 4.78 is 0. The zero-order valence-electron chi connectivity index (χ0n) is 9.85. The third-order valence-electron chi connectivity index (χ3n) is 2.96. The molecule has 0 saturated heterocycles. The van der Waals surface area contributed by atoms with E-state index in [4.69, 9.17) is 0 Å². The quantitative estimate of drug-likeness (QED) is 0.450. The maximum absolute atomic E-state index is 3.42. The minimum absolute atomic E-state index is 0.606. The smallest absolute Gasteiger partial charge is 0.155 e. The molecule has 0 spiro atoms. The first-order valence-corrected chi connectivity index (χ1v) is 5.65. The SMILES string of the molecule is CCC#CB(C(C)CC)C(C)CC. The molecule has 0 nitrogen and oxygen atoms in total. The summed E-state index contributed by atoms with van der Waals surface area (Å²) in [4.78, 5) is 0. The van der Waals surface area contributed by atoms with Crippen molar-refractivity contribution in [2.45, 2.75) is 65.5 Å². The Hall–Kier alpha value is -0.375. The molecule has 0 aliphatic rings. The first-order chi connectivity index (χ1) is 6.17. The van der Waals surface area contributed by atoms with Crippen molar-refractivity contribution < 1.29 is 0 Å². The largest absolute Gasteiger partial charge is 0.237 e. The van der Waals surface area contributed by atoms with Crippen LogP contribution in [0, 0.1) is 11.7 Å². The highest BCUT2D eigenvalue weighted by Gasteiger charge is 2.23. The van der Waals surface area contributed by atoms with Gasteiger partial charge in [0.25, 0.3) is 0 Å². The predicted molar refractivity (Wildman–Crippen MR) is 63.3 cm³/mol. The van der Waals surface area contributed by atoms with Crippen LogP contribution in [0.3, 0.4) is 0 Å². The lowest BCUT2D eigenvalue weighted by atomic mass is 9.34. The van der Waals surface area contributed by atoms with E-state index in [0.717, 1.165) is 18.1 Å². The van der Waals surface area contributed by atoms with Crippen LogP contribution >= 0.6 is 0 Å². The van der Waals surface area contributed by atoms with E-state index in [9.17, 15) is 0 Å². The van der Waals surface area contributed by atoms with Crippen molar-refractivity contribution in [3.63, 3.8) is 0 Å². The molecule has 13 heavy (non-hydrogen) atoms. The van der Waals surface area contributed by atoms with E-state index >= 15 is 0 Å². The first-order valence-electron chi connectivity index (χ1n) is 5.65. The monoisotopic (exact) mass is 178 g/mol. The van der Waals surface area contributed by atoms with Gasteiger partial charge in [-0.3, -0.25) is 0 Å². The van der Waals surface area contributed by atoms with Crippen molar-refractivity contribution in [3.05, 3.63) is 0 Å². The molecule has 0 N–H and O–H groups in total. The number of hydrogen-bond donors (Lipinski definition) is 0. The molecule has 0 rings (SSSR count). The molecule has 0 aromatic rings. The van der Waals surface area contributed by atoms with Gasteiger partial charge in [0.1, 0.15) is 0 Å². The fourth-order valence-corrected chi connectivity index (χ4v) is 1.57. The Morgan fingerprint density at radius 1 is 1.00 bits per heavy atom. The predicted octanol–water partition coefficient (Wildman–Crippen LogP) is 4.03. The molecular weight excluding hydrogens is 155 g/mol. The summed E-state index contributed by atoms with van der Waals surface area (Å²) in [6.45, 7) is 11.9. The molecule has 0 heterocycles. The van der Waals surface area contributed by atoms with Crippen LogP contribution in [0.4, 0.5) is 0 Å². The second-order valence-electron chi connectivity index (χ2n) is 3.97. The van der Waals surface area contributed by atoms with Crippen LogP contribution in [0.25, 0.3) is 0 Å². The molecule has 0 amide bonds. The lowest BCUT2D eigenvalue weighted by Gasteiger charge is -2.19. The Morgan fingerprint density at radius 2 is 1.46 bits per heavy atom. The van der Waals surface area contributed by atoms with Crippen LogP contribution in [0.2, 0.25) is 11.6 Å². The van der Waals surface area contributed by atoms with Crippen molar-refractivity contribution in [2.75, 3.05) is 0 Å². The Balaban J connectivity index is 4.35. The molecule has 0 aliphatic carbocycles. The van der Waals surface area contributed by atoms with Crippen LogP contribution in [0.1, 0.15) is 53.9 Å². The van der Waals surface area contributed by atoms with Gasteiger partial charge in [-0.1, -0.05) is 59.1 Å². The Bertz CT molecular complexity index is 165. The summed E-state index contributed by atoms with van der Waals surface area (Å²) in [5.41, 5.74) is 0. The van der Waals surface area contributed by atoms with Gasteiger partial charge < -0.3 is 0 Å². The zero-order chi connectivity index (χ0) is 10.3. The van der Waals surface area contributed by atoms with Gasteiger partial charge in [0.2, 0.25) is 6.71 Å². The van der Waals surface area contributed by atoms with Crippen molar-refractivity contribution in [3.8, 4) is 11.7 Å². The standard InChI is InChI=1S/C12H23B/c1-6-9-10-13(11(4)7-2)12(5)8-3/h11-12H,6-8H2,1-5H3. The van der Waals surface area contributed by atoms with E-state index in [2.05, 4.69) is 46.4 Å². The van der Waals surface area contributed by atoms with Gasteiger partial charge in [-0.2, -0.15) is 5.82 Å². The normalized spacial score (nSPS) is 14.2. The van der Waals surface area contributed by atoms with Gasteiger partial charge in [0.05, 0.1) is 0 Å². The molecule has 0 saturated carbocycles. The topological polar surface area (TPSA) is 0 Å². The van der Waals surface area contributed by atoms with Crippen LogP contribution < -0.4 is 0 Å². The molecule has 0 fully saturated rings. The minimum Gasteiger partial charge on any atom is -0.155 e. The fourth-order valence-electron chi connectivity index (χ4n) is 1.57. The Labute approximate surface area is 84.6 Å². The molecule has 1 heteroatoms. The molecule has 0 radical (unpaired) electrons. The van der Waals surface area contributed by atoms with Crippen LogP contribution in [0.5, 0.6) is 0 Å². The average molecular weight is 178 g/mol. The molecule has 0 bridgehead atoms. The van der Waals surface area contributed by atoms with Crippen molar-refractivity contribution >= 4 is 6.71 Å². The fraction of sp³-hybridized carbons (Fsp3) is 0.833. The molecule has 74 valence electrons. The van der Waals surface area contributed by atoms with Gasteiger partial charge in [0.15, 0.2) is 0 Å². The van der Waals surface area contributed by atoms with Gasteiger partial charge >= 0.3 is 0 Å². The highest BCUT2D eigenvalue weighted by atomic mass is 14.0. The Kier molecular flexibility index (Phi) is 6.87. The average Bonchev–Trinajstić information content (AvgIpc) is 2.17. The van der Waals surface area contributed by atoms with E-state index in [-0.39, 0.29) is 0 Å². The third kappa shape index (κ3) is 4.41. The number of hydrogen-bond acceptors (Lipinski definition) is 0. The summed E-state index contributed by atoms with van der Waals surface area (Å²) in [5.74, 6) is 8.14. The van der Waals surface area contributed by atoms with Crippen molar-refractivity contribution in [1.82, 2.24) is 0 Å². The van der Waals surface area contributed by atoms with Gasteiger partial charge in [-0.05, 0) is 0 Å². The lowest BCUT2D eigenvalue weighted by Crippen LogP contribution is -2.22. The van der Waals surface area contributed by atoms with Gasteiger partial charge in [-0.15, -0.1) is 5.92 Å². The van der Waals surface area contributed by atoms with Gasteiger partial charge in [-0.25, -0.2) is 0 Å². The summed E-state index contributed by atoms with van der Waals surface area (Å²) in [6.07, 6.45) is 3.48. The molecule has 0 aliphatic heterocycles. The summed E-state index contributed by atoms with van der Waals surface area (Å²) in [7, 11) is 0. The van der Waals surface area contributed by atoms with E-state index in [1.54, 1.807) is 0 Å². The van der Waals surface area contributed by atoms with E-state index in [1.807, 2.05) is 0 Å². The van der Waals surface area contributed by atoms with Crippen molar-refractivity contribution in [1.29, 1.82) is 0 Å². The van der Waals surface area contributed by atoms with Gasteiger partial charge in [0, 0.05) is 6.42 Å². The first kappa shape index (κ1) is 12.6. The summed E-state index contributed by atoms with van der Waals surface area (Å²) in [6, 6.07) is 0. The van der Waals surface area contributed by atoms with Crippen LogP contribution in [0.15, 0.2) is 0 Å².